The third-order valence-corrected chi connectivity index (χ3v) is 3.74. The van der Waals surface area contributed by atoms with E-state index in [0.717, 1.165) is 30.5 Å². The maximum atomic E-state index is 13.2. The molecule has 6 heteroatoms. The quantitative estimate of drug-likeness (QED) is 0.425. The van der Waals surface area contributed by atoms with Crippen LogP contribution in [0.4, 0.5) is 26.3 Å². The van der Waals surface area contributed by atoms with Gasteiger partial charge in [0, 0.05) is 5.56 Å². The first-order valence-corrected chi connectivity index (χ1v) is 7.46. The molecule has 0 saturated heterocycles. The molecule has 0 aliphatic rings. The summed E-state index contributed by atoms with van der Waals surface area (Å²) in [4.78, 5) is 0. The van der Waals surface area contributed by atoms with E-state index in [1.165, 1.54) is 12.1 Å². The SMILES string of the molecule is FCCCCc1ccc(-c2ccc(C(F)(F)C(F)(F)F)cc2)cc1. The van der Waals surface area contributed by atoms with Crippen molar-refractivity contribution in [3.05, 3.63) is 59.7 Å². The average Bonchev–Trinajstić information content (AvgIpc) is 2.55. The predicted octanol–water partition coefficient (Wildman–Crippen LogP) is 6.30. The number of halogens is 6. The van der Waals surface area contributed by atoms with Gasteiger partial charge in [0.15, 0.2) is 0 Å². The highest BCUT2D eigenvalue weighted by molar-refractivity contribution is 5.64. The van der Waals surface area contributed by atoms with Gasteiger partial charge in [0.25, 0.3) is 0 Å². The Bertz CT molecular complexity index is 641. The average molecular weight is 346 g/mol. The molecule has 0 saturated carbocycles. The van der Waals surface area contributed by atoms with Crippen LogP contribution in [0.25, 0.3) is 11.1 Å². The van der Waals surface area contributed by atoms with Crippen molar-refractivity contribution >= 4 is 0 Å². The van der Waals surface area contributed by atoms with Crippen LogP contribution in [-0.2, 0) is 12.3 Å². The molecule has 0 aliphatic heterocycles. The molecule has 0 atom stereocenters. The molecule has 0 radical (unpaired) electrons. The van der Waals surface area contributed by atoms with Crippen molar-refractivity contribution < 1.29 is 26.3 Å². The first kappa shape index (κ1) is 18.4. The zero-order valence-electron chi connectivity index (χ0n) is 12.7. The molecular weight excluding hydrogens is 330 g/mol. The molecule has 0 aromatic heterocycles. The smallest absolute Gasteiger partial charge is 0.251 e. The van der Waals surface area contributed by atoms with Gasteiger partial charge < -0.3 is 0 Å². The molecule has 0 fully saturated rings. The third-order valence-electron chi connectivity index (χ3n) is 3.74. The Morgan fingerprint density at radius 3 is 1.62 bits per heavy atom. The van der Waals surface area contributed by atoms with Gasteiger partial charge in [-0.2, -0.15) is 22.0 Å². The van der Waals surface area contributed by atoms with Crippen LogP contribution in [0.1, 0.15) is 24.0 Å². The highest BCUT2D eigenvalue weighted by Crippen LogP contribution is 2.44. The Kier molecular flexibility index (Phi) is 5.57. The summed E-state index contributed by atoms with van der Waals surface area (Å²) >= 11 is 0. The zero-order valence-corrected chi connectivity index (χ0v) is 12.7. The van der Waals surface area contributed by atoms with Gasteiger partial charge in [-0.15, -0.1) is 0 Å². The fourth-order valence-electron chi connectivity index (χ4n) is 2.32. The van der Waals surface area contributed by atoms with Crippen LogP contribution in [0, 0.1) is 0 Å². The van der Waals surface area contributed by atoms with Crippen LogP contribution >= 0.6 is 0 Å². The third kappa shape index (κ3) is 4.10. The Labute approximate surface area is 136 Å². The van der Waals surface area contributed by atoms with Crippen LogP contribution < -0.4 is 0 Å². The minimum Gasteiger partial charge on any atom is -0.251 e. The van der Waals surface area contributed by atoms with E-state index in [-0.39, 0.29) is 6.67 Å². The Morgan fingerprint density at radius 2 is 1.17 bits per heavy atom. The van der Waals surface area contributed by atoms with Crippen molar-refractivity contribution in [1.29, 1.82) is 0 Å². The van der Waals surface area contributed by atoms with Gasteiger partial charge in [-0.1, -0.05) is 48.5 Å². The van der Waals surface area contributed by atoms with E-state index in [2.05, 4.69) is 0 Å². The fourth-order valence-corrected chi connectivity index (χ4v) is 2.32. The van der Waals surface area contributed by atoms with Crippen LogP contribution in [0.5, 0.6) is 0 Å². The summed E-state index contributed by atoms with van der Waals surface area (Å²) in [6, 6.07) is 11.3. The lowest BCUT2D eigenvalue weighted by molar-refractivity contribution is -0.289. The summed E-state index contributed by atoms with van der Waals surface area (Å²) in [6.45, 7) is -0.354. The van der Waals surface area contributed by atoms with E-state index >= 15 is 0 Å². The number of rotatable bonds is 6. The summed E-state index contributed by atoms with van der Waals surface area (Å²) in [5, 5.41) is 0. The van der Waals surface area contributed by atoms with Crippen molar-refractivity contribution in [3.8, 4) is 11.1 Å². The molecule has 0 bridgehead atoms. The summed E-state index contributed by atoms with van der Waals surface area (Å²) in [6.07, 6.45) is -3.65. The minimum atomic E-state index is -5.62. The lowest BCUT2D eigenvalue weighted by Gasteiger charge is -2.20. The molecule has 0 N–H and O–H groups in total. The first-order chi connectivity index (χ1) is 11.3. The largest absolute Gasteiger partial charge is 0.458 e. The maximum absolute atomic E-state index is 13.2. The molecule has 0 heterocycles. The highest BCUT2D eigenvalue weighted by Gasteiger charge is 2.58. The van der Waals surface area contributed by atoms with Crippen molar-refractivity contribution in [2.24, 2.45) is 0 Å². The number of hydrogen-bond donors (Lipinski definition) is 0. The van der Waals surface area contributed by atoms with Crippen LogP contribution in [0.2, 0.25) is 0 Å². The molecule has 2 rings (SSSR count). The maximum Gasteiger partial charge on any atom is 0.458 e. The van der Waals surface area contributed by atoms with E-state index in [9.17, 15) is 26.3 Å². The Hall–Kier alpha value is -1.98. The summed E-state index contributed by atoms with van der Waals surface area (Å²) in [5.74, 6) is -4.87. The van der Waals surface area contributed by atoms with Gasteiger partial charge in [-0.3, -0.25) is 4.39 Å². The fraction of sp³-hybridized carbons (Fsp3) is 0.333. The van der Waals surface area contributed by atoms with E-state index in [1.807, 2.05) is 12.1 Å². The first-order valence-electron chi connectivity index (χ1n) is 7.46. The van der Waals surface area contributed by atoms with Crippen molar-refractivity contribution in [2.75, 3.05) is 6.67 Å². The van der Waals surface area contributed by atoms with Gasteiger partial charge in [-0.05, 0) is 36.0 Å². The molecule has 0 unspecified atom stereocenters. The van der Waals surface area contributed by atoms with Crippen LogP contribution in [0.3, 0.4) is 0 Å². The molecule has 0 aliphatic carbocycles. The van der Waals surface area contributed by atoms with E-state index in [1.54, 1.807) is 12.1 Å². The summed E-state index contributed by atoms with van der Waals surface area (Å²) in [5.41, 5.74) is 1.20. The van der Waals surface area contributed by atoms with Gasteiger partial charge >= 0.3 is 12.1 Å². The lowest BCUT2D eigenvalue weighted by Crippen LogP contribution is -2.33. The summed E-state index contributed by atoms with van der Waals surface area (Å²) < 4.78 is 75.6. The summed E-state index contributed by atoms with van der Waals surface area (Å²) in [7, 11) is 0. The Balaban J connectivity index is 2.13. The Morgan fingerprint density at radius 1 is 0.667 bits per heavy atom. The molecule has 0 nitrogen and oxygen atoms in total. The normalized spacial score (nSPS) is 12.4. The minimum absolute atomic E-state index is 0.354. The standard InChI is InChI=1S/C18H16F6/c19-12-2-1-3-13-4-6-14(7-5-13)15-8-10-16(11-9-15)17(20,21)18(22,23)24/h4-11H,1-3,12H2. The van der Waals surface area contributed by atoms with Crippen LogP contribution in [-0.4, -0.2) is 12.9 Å². The second kappa shape index (κ2) is 7.28. The zero-order chi connectivity index (χ0) is 17.8. The molecule has 0 spiro atoms. The molecular formula is C18H16F6. The molecule has 24 heavy (non-hydrogen) atoms. The second-order valence-corrected chi connectivity index (χ2v) is 5.49. The van der Waals surface area contributed by atoms with E-state index in [0.29, 0.717) is 17.5 Å². The molecule has 0 amide bonds. The van der Waals surface area contributed by atoms with Gasteiger partial charge in [0.1, 0.15) is 0 Å². The van der Waals surface area contributed by atoms with Crippen molar-refractivity contribution in [2.45, 2.75) is 31.4 Å². The number of benzene rings is 2. The van der Waals surface area contributed by atoms with Gasteiger partial charge in [-0.25, -0.2) is 0 Å². The monoisotopic (exact) mass is 346 g/mol. The van der Waals surface area contributed by atoms with Gasteiger partial charge in [0.05, 0.1) is 6.67 Å². The molecule has 130 valence electrons. The van der Waals surface area contributed by atoms with E-state index in [4.69, 9.17) is 0 Å². The number of unbranched alkanes of at least 4 members (excludes halogenated alkanes) is 1. The number of hydrogen-bond acceptors (Lipinski definition) is 0. The topological polar surface area (TPSA) is 0 Å². The highest BCUT2D eigenvalue weighted by atomic mass is 19.4. The van der Waals surface area contributed by atoms with Crippen LogP contribution in [0.15, 0.2) is 48.5 Å². The lowest BCUT2D eigenvalue weighted by atomic mass is 9.99. The van der Waals surface area contributed by atoms with E-state index < -0.39 is 17.7 Å². The molecule has 2 aromatic rings. The number of aryl methyl sites for hydroxylation is 1. The predicted molar refractivity (Wildman–Crippen MR) is 80.7 cm³/mol. The van der Waals surface area contributed by atoms with Crippen molar-refractivity contribution in [3.63, 3.8) is 0 Å². The molecule has 2 aromatic carbocycles. The second-order valence-electron chi connectivity index (χ2n) is 5.49. The van der Waals surface area contributed by atoms with Gasteiger partial charge in [0.2, 0.25) is 0 Å². The number of alkyl halides is 6. The van der Waals surface area contributed by atoms with Crippen molar-refractivity contribution in [1.82, 2.24) is 0 Å².